The molecule has 0 heterocycles. The van der Waals surface area contributed by atoms with Crippen molar-refractivity contribution in [2.75, 3.05) is 0 Å². The molecule has 27 heavy (non-hydrogen) atoms. The SMILES string of the molecule is CC(Oc1cc(Oc2ccc(C(F)(F)F)cc2Cl)ccc1[N+](=O)[O-])C(N)=O. The van der Waals surface area contributed by atoms with Crippen molar-refractivity contribution in [1.29, 1.82) is 0 Å². The summed E-state index contributed by atoms with van der Waals surface area (Å²) in [6.45, 7) is 1.30. The van der Waals surface area contributed by atoms with Crippen molar-refractivity contribution in [2.24, 2.45) is 5.73 Å². The maximum absolute atomic E-state index is 12.7. The Kier molecular flexibility index (Phi) is 5.79. The molecule has 0 fully saturated rings. The lowest BCUT2D eigenvalue weighted by Gasteiger charge is -2.14. The number of alkyl halides is 3. The van der Waals surface area contributed by atoms with E-state index in [0.29, 0.717) is 6.07 Å². The van der Waals surface area contributed by atoms with Gasteiger partial charge in [0.15, 0.2) is 6.10 Å². The lowest BCUT2D eigenvalue weighted by molar-refractivity contribution is -0.386. The van der Waals surface area contributed by atoms with Crippen LogP contribution < -0.4 is 15.2 Å². The summed E-state index contributed by atoms with van der Waals surface area (Å²) in [5.41, 5.74) is 3.66. The molecule has 1 amide bonds. The molecule has 2 rings (SSSR count). The zero-order valence-electron chi connectivity index (χ0n) is 13.6. The Morgan fingerprint density at radius 3 is 2.41 bits per heavy atom. The van der Waals surface area contributed by atoms with Crippen molar-refractivity contribution in [2.45, 2.75) is 19.2 Å². The van der Waals surface area contributed by atoms with E-state index in [9.17, 15) is 28.1 Å². The van der Waals surface area contributed by atoms with Crippen LogP contribution in [0.2, 0.25) is 5.02 Å². The molecular weight excluding hydrogens is 393 g/mol. The van der Waals surface area contributed by atoms with Gasteiger partial charge < -0.3 is 15.2 Å². The molecule has 2 aromatic carbocycles. The zero-order chi connectivity index (χ0) is 20.4. The molecule has 0 saturated carbocycles. The van der Waals surface area contributed by atoms with Gasteiger partial charge in [-0.2, -0.15) is 13.2 Å². The lowest BCUT2D eigenvalue weighted by atomic mass is 10.2. The predicted octanol–water partition coefficient (Wildman–Crippen LogP) is 4.31. The summed E-state index contributed by atoms with van der Waals surface area (Å²) >= 11 is 5.81. The monoisotopic (exact) mass is 404 g/mol. The van der Waals surface area contributed by atoms with Gasteiger partial charge in [-0.15, -0.1) is 0 Å². The van der Waals surface area contributed by atoms with Crippen LogP contribution in [0.15, 0.2) is 36.4 Å². The van der Waals surface area contributed by atoms with Crippen LogP contribution in [0.4, 0.5) is 18.9 Å². The van der Waals surface area contributed by atoms with Crippen LogP contribution in [0.1, 0.15) is 12.5 Å². The Bertz CT molecular complexity index is 889. The molecule has 0 bridgehead atoms. The highest BCUT2D eigenvalue weighted by molar-refractivity contribution is 6.32. The van der Waals surface area contributed by atoms with Gasteiger partial charge in [-0.3, -0.25) is 14.9 Å². The normalized spacial score (nSPS) is 12.3. The molecule has 144 valence electrons. The number of benzene rings is 2. The van der Waals surface area contributed by atoms with Crippen molar-refractivity contribution in [3.63, 3.8) is 0 Å². The summed E-state index contributed by atoms with van der Waals surface area (Å²) < 4.78 is 48.5. The number of nitro groups is 1. The molecule has 0 aliphatic rings. The van der Waals surface area contributed by atoms with E-state index in [0.717, 1.165) is 24.3 Å². The standard InChI is InChI=1S/C16H12ClF3N2O5/c1-8(15(21)23)26-14-7-10(3-4-12(14)22(24)25)27-13-5-2-9(6-11(13)17)16(18,19)20/h2-8H,1H3,(H2,21,23). The average Bonchev–Trinajstić information content (AvgIpc) is 2.55. The largest absolute Gasteiger partial charge is 0.474 e. The molecule has 11 heteroatoms. The fourth-order valence-electron chi connectivity index (χ4n) is 1.94. The molecule has 0 radical (unpaired) electrons. The maximum Gasteiger partial charge on any atom is 0.416 e. The third-order valence-corrected chi connectivity index (χ3v) is 3.61. The molecule has 0 aliphatic heterocycles. The minimum Gasteiger partial charge on any atom is -0.474 e. The van der Waals surface area contributed by atoms with Gasteiger partial charge in [0.25, 0.3) is 5.91 Å². The molecule has 0 spiro atoms. The molecule has 2 N–H and O–H groups in total. The summed E-state index contributed by atoms with van der Waals surface area (Å²) in [5, 5.41) is 10.8. The predicted molar refractivity (Wildman–Crippen MR) is 88.9 cm³/mol. The Morgan fingerprint density at radius 2 is 1.89 bits per heavy atom. The highest BCUT2D eigenvalue weighted by atomic mass is 35.5. The molecule has 0 aromatic heterocycles. The van der Waals surface area contributed by atoms with Crippen LogP contribution in [0.25, 0.3) is 0 Å². The summed E-state index contributed by atoms with van der Waals surface area (Å²) in [5.74, 6) is -1.26. The van der Waals surface area contributed by atoms with E-state index in [1.54, 1.807) is 0 Å². The molecule has 1 unspecified atom stereocenters. The summed E-state index contributed by atoms with van der Waals surface area (Å²) in [6, 6.07) is 5.84. The van der Waals surface area contributed by atoms with Crippen molar-refractivity contribution in [3.8, 4) is 17.2 Å². The Morgan fingerprint density at radius 1 is 1.22 bits per heavy atom. The quantitative estimate of drug-likeness (QED) is 0.570. The number of ether oxygens (including phenoxy) is 2. The summed E-state index contributed by atoms with van der Waals surface area (Å²) in [7, 11) is 0. The van der Waals surface area contributed by atoms with Gasteiger partial charge in [0, 0.05) is 12.1 Å². The van der Waals surface area contributed by atoms with Gasteiger partial charge in [-0.1, -0.05) is 11.6 Å². The van der Waals surface area contributed by atoms with E-state index in [1.807, 2.05) is 0 Å². The third kappa shape index (κ3) is 5.00. The number of nitrogens with two attached hydrogens (primary N) is 1. The number of carbonyl (C=O) groups is 1. The number of primary amides is 1. The van der Waals surface area contributed by atoms with Crippen LogP contribution in [0.5, 0.6) is 17.2 Å². The highest BCUT2D eigenvalue weighted by Crippen LogP contribution is 2.38. The zero-order valence-corrected chi connectivity index (χ0v) is 14.4. The Balaban J connectivity index is 2.34. The fourth-order valence-corrected chi connectivity index (χ4v) is 2.16. The number of rotatable bonds is 6. The first-order valence-corrected chi connectivity index (χ1v) is 7.66. The second kappa shape index (κ2) is 7.70. The second-order valence-electron chi connectivity index (χ2n) is 5.29. The van der Waals surface area contributed by atoms with Crippen LogP contribution in [0.3, 0.4) is 0 Å². The van der Waals surface area contributed by atoms with Crippen LogP contribution in [0, 0.1) is 10.1 Å². The number of halogens is 4. The maximum atomic E-state index is 12.7. The minimum absolute atomic E-state index is 0.00562. The van der Waals surface area contributed by atoms with Gasteiger partial charge in [0.1, 0.15) is 11.5 Å². The molecular formula is C16H12ClF3N2O5. The van der Waals surface area contributed by atoms with Crippen LogP contribution in [-0.2, 0) is 11.0 Å². The average molecular weight is 405 g/mol. The highest BCUT2D eigenvalue weighted by Gasteiger charge is 2.31. The van der Waals surface area contributed by atoms with Crippen molar-refractivity contribution < 1.29 is 32.4 Å². The topological polar surface area (TPSA) is 105 Å². The van der Waals surface area contributed by atoms with E-state index >= 15 is 0 Å². The van der Waals surface area contributed by atoms with E-state index in [2.05, 4.69) is 0 Å². The van der Waals surface area contributed by atoms with Crippen molar-refractivity contribution in [3.05, 3.63) is 57.1 Å². The van der Waals surface area contributed by atoms with Crippen LogP contribution in [-0.4, -0.2) is 16.9 Å². The fraction of sp³-hybridized carbons (Fsp3) is 0.188. The van der Waals surface area contributed by atoms with E-state index < -0.39 is 34.4 Å². The van der Waals surface area contributed by atoms with Gasteiger partial charge in [-0.05, 0) is 31.2 Å². The van der Waals surface area contributed by atoms with E-state index in [-0.39, 0.29) is 22.3 Å². The van der Waals surface area contributed by atoms with Crippen molar-refractivity contribution in [1.82, 2.24) is 0 Å². The number of amides is 1. The molecule has 1 atom stereocenters. The van der Waals surface area contributed by atoms with Crippen LogP contribution >= 0.6 is 11.6 Å². The molecule has 2 aromatic rings. The first kappa shape index (κ1) is 20.3. The van der Waals surface area contributed by atoms with Gasteiger partial charge >= 0.3 is 11.9 Å². The molecule has 7 nitrogen and oxygen atoms in total. The van der Waals surface area contributed by atoms with Gasteiger partial charge in [-0.25, -0.2) is 0 Å². The number of hydrogen-bond donors (Lipinski definition) is 1. The lowest BCUT2D eigenvalue weighted by Crippen LogP contribution is -2.30. The Hall–Kier alpha value is -3.01. The second-order valence-corrected chi connectivity index (χ2v) is 5.70. The number of carbonyl (C=O) groups excluding carboxylic acids is 1. The molecule has 0 aliphatic carbocycles. The summed E-state index contributed by atoms with van der Waals surface area (Å²) in [6.07, 6.45) is -5.73. The first-order chi connectivity index (χ1) is 12.5. The van der Waals surface area contributed by atoms with E-state index in [1.165, 1.54) is 13.0 Å². The number of nitro benzene ring substituents is 1. The van der Waals surface area contributed by atoms with Gasteiger partial charge in [0.2, 0.25) is 5.75 Å². The summed E-state index contributed by atoms with van der Waals surface area (Å²) in [4.78, 5) is 21.4. The Labute approximate surface area is 155 Å². The first-order valence-electron chi connectivity index (χ1n) is 7.28. The van der Waals surface area contributed by atoms with Crippen molar-refractivity contribution >= 4 is 23.2 Å². The third-order valence-electron chi connectivity index (χ3n) is 3.32. The smallest absolute Gasteiger partial charge is 0.416 e. The number of hydrogen-bond acceptors (Lipinski definition) is 5. The van der Waals surface area contributed by atoms with Gasteiger partial charge in [0.05, 0.1) is 15.5 Å². The minimum atomic E-state index is -4.57. The number of nitrogens with zero attached hydrogens (tertiary/aromatic N) is 1. The van der Waals surface area contributed by atoms with E-state index in [4.69, 9.17) is 26.8 Å². The molecule has 0 saturated heterocycles.